The summed E-state index contributed by atoms with van der Waals surface area (Å²) in [6, 6.07) is 12.6. The standard InChI is InChI=1S/C19H21N3O5/c1-13(14-6-5-9-17(11-14)22(25)26)21(2)12-18(23)20-16-8-4-7-15(10-16)19(24)27-3/h4-11,13H,12H2,1-3H3,(H,20,23). The summed E-state index contributed by atoms with van der Waals surface area (Å²) in [4.78, 5) is 36.1. The summed E-state index contributed by atoms with van der Waals surface area (Å²) in [5.74, 6) is -0.751. The number of likely N-dealkylation sites (N-methyl/N-ethyl adjacent to an activating group) is 1. The van der Waals surface area contributed by atoms with E-state index in [-0.39, 0.29) is 24.2 Å². The van der Waals surface area contributed by atoms with Crippen LogP contribution in [0.2, 0.25) is 0 Å². The molecule has 0 bridgehead atoms. The van der Waals surface area contributed by atoms with Crippen LogP contribution < -0.4 is 5.32 Å². The van der Waals surface area contributed by atoms with Crippen LogP contribution in [0.3, 0.4) is 0 Å². The fourth-order valence-corrected chi connectivity index (χ4v) is 2.56. The second-order valence-corrected chi connectivity index (χ2v) is 6.06. The van der Waals surface area contributed by atoms with Gasteiger partial charge in [-0.2, -0.15) is 0 Å². The number of carbonyl (C=O) groups excluding carboxylic acids is 2. The Morgan fingerprint density at radius 2 is 1.93 bits per heavy atom. The Bertz CT molecular complexity index is 853. The van der Waals surface area contributed by atoms with E-state index >= 15 is 0 Å². The highest BCUT2D eigenvalue weighted by Gasteiger charge is 2.17. The van der Waals surface area contributed by atoms with E-state index in [9.17, 15) is 19.7 Å². The predicted octanol–water partition coefficient (Wildman–Crippen LogP) is 3.01. The molecule has 8 nitrogen and oxygen atoms in total. The van der Waals surface area contributed by atoms with E-state index in [0.717, 1.165) is 5.56 Å². The van der Waals surface area contributed by atoms with Crippen molar-refractivity contribution >= 4 is 23.3 Å². The predicted molar refractivity (Wildman–Crippen MR) is 101 cm³/mol. The molecule has 0 aliphatic carbocycles. The highest BCUT2D eigenvalue weighted by molar-refractivity contribution is 5.95. The summed E-state index contributed by atoms with van der Waals surface area (Å²) in [6.07, 6.45) is 0. The number of esters is 1. The Balaban J connectivity index is 2.02. The van der Waals surface area contributed by atoms with Crippen molar-refractivity contribution in [1.29, 1.82) is 0 Å². The van der Waals surface area contributed by atoms with Crippen molar-refractivity contribution in [3.8, 4) is 0 Å². The maximum Gasteiger partial charge on any atom is 0.337 e. The number of methoxy groups -OCH3 is 1. The monoisotopic (exact) mass is 371 g/mol. The van der Waals surface area contributed by atoms with Gasteiger partial charge in [-0.25, -0.2) is 4.79 Å². The first-order valence-electron chi connectivity index (χ1n) is 8.24. The van der Waals surface area contributed by atoms with Gasteiger partial charge in [0.15, 0.2) is 0 Å². The fourth-order valence-electron chi connectivity index (χ4n) is 2.56. The molecule has 1 unspecified atom stereocenters. The molecule has 0 saturated heterocycles. The molecule has 142 valence electrons. The van der Waals surface area contributed by atoms with Gasteiger partial charge in [-0.15, -0.1) is 0 Å². The number of rotatable bonds is 7. The third kappa shape index (κ3) is 5.35. The highest BCUT2D eigenvalue weighted by Crippen LogP contribution is 2.23. The molecular weight excluding hydrogens is 350 g/mol. The van der Waals surface area contributed by atoms with Crippen molar-refractivity contribution in [1.82, 2.24) is 4.90 Å². The average molecular weight is 371 g/mol. The lowest BCUT2D eigenvalue weighted by Crippen LogP contribution is -2.32. The van der Waals surface area contributed by atoms with Gasteiger partial charge in [-0.05, 0) is 37.7 Å². The van der Waals surface area contributed by atoms with Crippen LogP contribution in [-0.4, -0.2) is 42.4 Å². The van der Waals surface area contributed by atoms with Crippen molar-refractivity contribution in [3.05, 3.63) is 69.8 Å². The molecule has 0 saturated carbocycles. The summed E-state index contributed by atoms with van der Waals surface area (Å²) in [5, 5.41) is 13.7. The third-order valence-electron chi connectivity index (χ3n) is 4.19. The summed E-state index contributed by atoms with van der Waals surface area (Å²) >= 11 is 0. The maximum atomic E-state index is 12.3. The lowest BCUT2D eigenvalue weighted by molar-refractivity contribution is -0.384. The largest absolute Gasteiger partial charge is 0.465 e. The molecule has 0 radical (unpaired) electrons. The number of nitro groups is 1. The van der Waals surface area contributed by atoms with Crippen LogP contribution in [0, 0.1) is 10.1 Å². The molecule has 0 heterocycles. The molecule has 27 heavy (non-hydrogen) atoms. The second-order valence-electron chi connectivity index (χ2n) is 6.06. The minimum absolute atomic E-state index is 0.0110. The molecule has 2 aromatic rings. The molecule has 0 aliphatic rings. The average Bonchev–Trinajstić information content (AvgIpc) is 2.66. The van der Waals surface area contributed by atoms with Gasteiger partial charge < -0.3 is 10.1 Å². The molecular formula is C19H21N3O5. The number of hydrogen-bond acceptors (Lipinski definition) is 6. The van der Waals surface area contributed by atoms with E-state index < -0.39 is 10.9 Å². The lowest BCUT2D eigenvalue weighted by atomic mass is 10.1. The van der Waals surface area contributed by atoms with Gasteiger partial charge in [0.1, 0.15) is 0 Å². The van der Waals surface area contributed by atoms with E-state index in [2.05, 4.69) is 10.1 Å². The minimum Gasteiger partial charge on any atom is -0.465 e. The van der Waals surface area contributed by atoms with Gasteiger partial charge in [0.2, 0.25) is 5.91 Å². The van der Waals surface area contributed by atoms with Gasteiger partial charge in [0, 0.05) is 23.9 Å². The molecule has 1 atom stereocenters. The molecule has 0 fully saturated rings. The van der Waals surface area contributed by atoms with Crippen LogP contribution in [0.1, 0.15) is 28.9 Å². The summed E-state index contributed by atoms with van der Waals surface area (Å²) in [5.41, 5.74) is 1.58. The topological polar surface area (TPSA) is 102 Å². The number of nitrogens with zero attached hydrogens (tertiary/aromatic N) is 2. The summed E-state index contributed by atoms with van der Waals surface area (Å²) < 4.78 is 4.66. The summed E-state index contributed by atoms with van der Waals surface area (Å²) in [7, 11) is 3.05. The van der Waals surface area contributed by atoms with Crippen LogP contribution in [0.5, 0.6) is 0 Å². The molecule has 8 heteroatoms. The van der Waals surface area contributed by atoms with E-state index in [1.165, 1.54) is 25.3 Å². The molecule has 1 N–H and O–H groups in total. The quantitative estimate of drug-likeness (QED) is 0.456. The van der Waals surface area contributed by atoms with E-state index in [4.69, 9.17) is 0 Å². The van der Waals surface area contributed by atoms with Crippen molar-refractivity contribution in [3.63, 3.8) is 0 Å². The smallest absolute Gasteiger partial charge is 0.337 e. The molecule has 2 rings (SSSR count). The Kier molecular flexibility index (Phi) is 6.62. The number of nitrogens with one attached hydrogen (secondary N) is 1. The van der Waals surface area contributed by atoms with E-state index in [0.29, 0.717) is 11.3 Å². The van der Waals surface area contributed by atoms with Crippen LogP contribution >= 0.6 is 0 Å². The number of anilines is 1. The van der Waals surface area contributed by atoms with Crippen LogP contribution in [0.15, 0.2) is 48.5 Å². The van der Waals surface area contributed by atoms with Crippen LogP contribution in [0.25, 0.3) is 0 Å². The van der Waals surface area contributed by atoms with Gasteiger partial charge in [0.05, 0.1) is 24.1 Å². The van der Waals surface area contributed by atoms with Gasteiger partial charge in [-0.1, -0.05) is 18.2 Å². The van der Waals surface area contributed by atoms with Crippen LogP contribution in [0.4, 0.5) is 11.4 Å². The molecule has 0 aliphatic heterocycles. The van der Waals surface area contributed by atoms with Gasteiger partial charge in [-0.3, -0.25) is 19.8 Å². The number of hydrogen-bond donors (Lipinski definition) is 1. The summed E-state index contributed by atoms with van der Waals surface area (Å²) in [6.45, 7) is 1.94. The fraction of sp³-hybridized carbons (Fsp3) is 0.263. The van der Waals surface area contributed by atoms with E-state index in [1.54, 1.807) is 42.3 Å². The second kappa shape index (κ2) is 8.91. The zero-order valence-electron chi connectivity index (χ0n) is 15.3. The van der Waals surface area contributed by atoms with E-state index in [1.807, 2.05) is 6.92 Å². The lowest BCUT2D eigenvalue weighted by Gasteiger charge is -2.24. The maximum absolute atomic E-state index is 12.3. The van der Waals surface area contributed by atoms with Crippen molar-refractivity contribution < 1.29 is 19.2 Å². The Labute approximate surface area is 156 Å². The van der Waals surface area contributed by atoms with Crippen molar-refractivity contribution in [2.45, 2.75) is 13.0 Å². The Morgan fingerprint density at radius 3 is 2.59 bits per heavy atom. The number of ether oxygens (including phenoxy) is 1. The number of benzene rings is 2. The first-order valence-corrected chi connectivity index (χ1v) is 8.24. The molecule has 0 aromatic heterocycles. The zero-order valence-corrected chi connectivity index (χ0v) is 15.3. The number of non-ortho nitro benzene ring substituents is 1. The van der Waals surface area contributed by atoms with Crippen molar-refractivity contribution in [2.75, 3.05) is 26.0 Å². The first-order chi connectivity index (χ1) is 12.8. The van der Waals surface area contributed by atoms with Crippen molar-refractivity contribution in [2.24, 2.45) is 0 Å². The van der Waals surface area contributed by atoms with Crippen LogP contribution in [-0.2, 0) is 9.53 Å². The highest BCUT2D eigenvalue weighted by atomic mass is 16.6. The molecule has 0 spiro atoms. The molecule has 1 amide bonds. The Hall–Kier alpha value is -3.26. The third-order valence-corrected chi connectivity index (χ3v) is 4.19. The normalized spacial score (nSPS) is 11.7. The minimum atomic E-state index is -0.484. The number of carbonyl (C=O) groups is 2. The molecule has 2 aromatic carbocycles. The number of nitro benzene ring substituents is 1. The van der Waals surface area contributed by atoms with Gasteiger partial charge in [0.25, 0.3) is 5.69 Å². The first kappa shape index (κ1) is 20.1. The Morgan fingerprint density at radius 1 is 1.22 bits per heavy atom. The number of amides is 1. The zero-order chi connectivity index (χ0) is 20.0. The van der Waals surface area contributed by atoms with Gasteiger partial charge >= 0.3 is 5.97 Å². The SMILES string of the molecule is COC(=O)c1cccc(NC(=O)CN(C)C(C)c2cccc([N+](=O)[O-])c2)c1.